The van der Waals surface area contributed by atoms with Crippen LogP contribution in [-0.2, 0) is 20.7 Å². The lowest BCUT2D eigenvalue weighted by molar-refractivity contribution is -0.154. The van der Waals surface area contributed by atoms with Crippen LogP contribution in [0.1, 0.15) is 48.8 Å². The van der Waals surface area contributed by atoms with Crippen molar-refractivity contribution >= 4 is 28.6 Å². The van der Waals surface area contributed by atoms with Crippen LogP contribution in [-0.4, -0.2) is 28.2 Å². The van der Waals surface area contributed by atoms with Crippen molar-refractivity contribution in [2.24, 2.45) is 5.73 Å². The Bertz CT molecular complexity index is 812. The van der Waals surface area contributed by atoms with Crippen LogP contribution in [0.5, 0.6) is 0 Å². The molecule has 1 aromatic heterocycles. The Morgan fingerprint density at radius 1 is 1.21 bits per heavy atom. The maximum atomic E-state index is 12.1. The minimum absolute atomic E-state index is 0.185. The number of carbonyl (C=O) groups is 3. The van der Waals surface area contributed by atoms with Crippen LogP contribution in [0.25, 0.3) is 10.9 Å². The highest BCUT2D eigenvalue weighted by Gasteiger charge is 2.23. The number of fused-ring (bicyclic) bond motifs is 1. The molecule has 0 radical (unpaired) electrons. The van der Waals surface area contributed by atoms with Gasteiger partial charge in [-0.1, -0.05) is 12.1 Å². The van der Waals surface area contributed by atoms with Crippen LogP contribution in [0.15, 0.2) is 18.2 Å². The molecule has 6 nitrogen and oxygen atoms in total. The molecule has 2 aromatic rings. The van der Waals surface area contributed by atoms with Gasteiger partial charge in [-0.2, -0.15) is 0 Å². The number of nitrogens with two attached hydrogens (primary N) is 1. The van der Waals surface area contributed by atoms with Gasteiger partial charge in [0, 0.05) is 23.0 Å². The largest absolute Gasteiger partial charge is 0.460 e. The van der Waals surface area contributed by atoms with Gasteiger partial charge in [-0.3, -0.25) is 14.4 Å². The minimum atomic E-state index is -0.999. The molecule has 0 aliphatic heterocycles. The predicted molar refractivity (Wildman–Crippen MR) is 90.7 cm³/mol. The van der Waals surface area contributed by atoms with Crippen molar-refractivity contribution in [3.05, 3.63) is 35.0 Å². The normalized spacial score (nSPS) is 11.5. The number of aromatic amines is 1. The Balaban J connectivity index is 2.36. The van der Waals surface area contributed by atoms with Crippen molar-refractivity contribution in [1.82, 2.24) is 4.98 Å². The number of hydrogen-bond acceptors (Lipinski definition) is 4. The molecule has 1 amide bonds. The Morgan fingerprint density at radius 3 is 2.46 bits per heavy atom. The maximum Gasteiger partial charge on any atom is 0.306 e. The first-order valence-electron chi connectivity index (χ1n) is 7.76. The quantitative estimate of drug-likeness (QED) is 0.499. The summed E-state index contributed by atoms with van der Waals surface area (Å²) in [7, 11) is 0. The molecular weight excluding hydrogens is 308 g/mol. The van der Waals surface area contributed by atoms with Crippen molar-refractivity contribution in [2.75, 3.05) is 0 Å². The number of H-pyrrole nitrogens is 1. The van der Waals surface area contributed by atoms with Crippen LogP contribution in [0.4, 0.5) is 0 Å². The molecule has 0 spiro atoms. The molecular formula is C18H22N2O4. The molecule has 0 fully saturated rings. The van der Waals surface area contributed by atoms with E-state index < -0.39 is 17.3 Å². The number of aryl methyl sites for hydroxylation is 2. The number of ketones is 1. The number of rotatable bonds is 5. The molecule has 6 heteroatoms. The van der Waals surface area contributed by atoms with Gasteiger partial charge in [0.25, 0.3) is 11.7 Å². The molecule has 0 saturated carbocycles. The number of ether oxygens (including phenoxy) is 1. The third-order valence-corrected chi connectivity index (χ3v) is 3.57. The summed E-state index contributed by atoms with van der Waals surface area (Å²) in [6.07, 6.45) is 0.591. The average molecular weight is 330 g/mol. The maximum absolute atomic E-state index is 12.1. The highest BCUT2D eigenvalue weighted by atomic mass is 16.6. The number of esters is 1. The van der Waals surface area contributed by atoms with E-state index in [1.54, 1.807) is 6.92 Å². The first-order valence-corrected chi connectivity index (χ1v) is 7.76. The second kappa shape index (κ2) is 6.47. The first-order chi connectivity index (χ1) is 11.1. The molecule has 1 aromatic carbocycles. The first kappa shape index (κ1) is 17.7. The molecule has 2 rings (SSSR count). The third-order valence-electron chi connectivity index (χ3n) is 3.57. The van der Waals surface area contributed by atoms with Crippen molar-refractivity contribution in [3.63, 3.8) is 0 Å². The zero-order valence-electron chi connectivity index (χ0n) is 14.4. The summed E-state index contributed by atoms with van der Waals surface area (Å²) < 4.78 is 5.30. The smallest absolute Gasteiger partial charge is 0.306 e. The van der Waals surface area contributed by atoms with E-state index in [-0.39, 0.29) is 18.0 Å². The van der Waals surface area contributed by atoms with Crippen LogP contribution >= 0.6 is 0 Å². The van der Waals surface area contributed by atoms with Gasteiger partial charge in [0.05, 0.1) is 5.56 Å². The zero-order chi connectivity index (χ0) is 18.1. The Kier molecular flexibility index (Phi) is 4.78. The summed E-state index contributed by atoms with van der Waals surface area (Å²) in [5, 5.41) is 0.641. The average Bonchev–Trinajstić information content (AvgIpc) is 2.78. The van der Waals surface area contributed by atoms with E-state index >= 15 is 0 Å². The van der Waals surface area contributed by atoms with Gasteiger partial charge in [-0.25, -0.2) is 0 Å². The summed E-state index contributed by atoms with van der Waals surface area (Å²) in [6, 6.07) is 5.48. The Labute approximate surface area is 140 Å². The lowest BCUT2D eigenvalue weighted by Gasteiger charge is -2.19. The number of amides is 1. The predicted octanol–water partition coefficient (Wildman–Crippen LogP) is 2.42. The lowest BCUT2D eigenvalue weighted by atomic mass is 9.98. The Hall–Kier alpha value is -2.63. The van der Waals surface area contributed by atoms with Gasteiger partial charge in [-0.05, 0) is 45.7 Å². The molecule has 0 bridgehead atoms. The van der Waals surface area contributed by atoms with Crippen molar-refractivity contribution in [2.45, 2.75) is 46.1 Å². The van der Waals surface area contributed by atoms with Crippen molar-refractivity contribution in [3.8, 4) is 0 Å². The number of aromatic nitrogens is 1. The number of primary amides is 1. The second-order valence-corrected chi connectivity index (χ2v) is 6.74. The highest BCUT2D eigenvalue weighted by molar-refractivity contribution is 6.45. The summed E-state index contributed by atoms with van der Waals surface area (Å²) in [5.74, 6) is -2.04. The van der Waals surface area contributed by atoms with E-state index in [1.165, 1.54) is 0 Å². The number of nitrogens with one attached hydrogen (secondary N) is 1. The van der Waals surface area contributed by atoms with Crippen LogP contribution < -0.4 is 5.73 Å². The van der Waals surface area contributed by atoms with E-state index in [4.69, 9.17) is 10.5 Å². The summed E-state index contributed by atoms with van der Waals surface area (Å²) in [6.45, 7) is 7.15. The molecule has 3 N–H and O–H groups in total. The summed E-state index contributed by atoms with van der Waals surface area (Å²) >= 11 is 0. The number of hydrogen-bond donors (Lipinski definition) is 2. The minimum Gasteiger partial charge on any atom is -0.460 e. The van der Waals surface area contributed by atoms with E-state index in [0.717, 1.165) is 11.1 Å². The molecule has 0 saturated heterocycles. The SMILES string of the molecule is Cc1[nH]c2cccc(CCC(=O)OC(C)(C)C)c2c1C(=O)C(N)=O. The fourth-order valence-corrected chi connectivity index (χ4v) is 2.70. The molecule has 24 heavy (non-hydrogen) atoms. The fourth-order valence-electron chi connectivity index (χ4n) is 2.70. The van der Waals surface area contributed by atoms with E-state index in [1.807, 2.05) is 39.0 Å². The molecule has 1 heterocycles. The standard InChI is InChI=1S/C18H22N2O4/c1-10-14(16(22)17(19)23)15-11(6-5-7-12(15)20-10)8-9-13(21)24-18(2,3)4/h5-7,20H,8-9H2,1-4H3,(H2,19,23). The monoisotopic (exact) mass is 330 g/mol. The van der Waals surface area contributed by atoms with Crippen molar-refractivity contribution < 1.29 is 19.1 Å². The molecule has 0 atom stereocenters. The highest BCUT2D eigenvalue weighted by Crippen LogP contribution is 2.27. The molecule has 0 unspecified atom stereocenters. The summed E-state index contributed by atoms with van der Waals surface area (Å²) in [5.41, 5.74) is 7.00. The van der Waals surface area contributed by atoms with E-state index in [2.05, 4.69) is 4.98 Å². The zero-order valence-corrected chi connectivity index (χ0v) is 14.4. The van der Waals surface area contributed by atoms with Gasteiger partial charge in [0.15, 0.2) is 0 Å². The molecule has 0 aliphatic carbocycles. The number of benzene rings is 1. The van der Waals surface area contributed by atoms with Crippen LogP contribution in [0.3, 0.4) is 0 Å². The topological polar surface area (TPSA) is 102 Å². The second-order valence-electron chi connectivity index (χ2n) is 6.74. The Morgan fingerprint density at radius 2 is 1.88 bits per heavy atom. The van der Waals surface area contributed by atoms with Gasteiger partial charge in [0.2, 0.25) is 0 Å². The molecule has 128 valence electrons. The van der Waals surface area contributed by atoms with Crippen molar-refractivity contribution in [1.29, 1.82) is 0 Å². The van der Waals surface area contributed by atoms with Crippen LogP contribution in [0, 0.1) is 6.92 Å². The van der Waals surface area contributed by atoms with Crippen LogP contribution in [0.2, 0.25) is 0 Å². The molecule has 0 aliphatic rings. The van der Waals surface area contributed by atoms with Gasteiger partial charge < -0.3 is 15.5 Å². The fraction of sp³-hybridized carbons (Fsp3) is 0.389. The van der Waals surface area contributed by atoms with E-state index in [0.29, 0.717) is 17.5 Å². The third kappa shape index (κ3) is 3.82. The number of carbonyl (C=O) groups excluding carboxylic acids is 3. The van der Waals surface area contributed by atoms with Gasteiger partial charge in [0.1, 0.15) is 5.60 Å². The van der Waals surface area contributed by atoms with Gasteiger partial charge >= 0.3 is 5.97 Å². The number of Topliss-reactive ketones (excluding diaryl/α,β-unsaturated/α-hetero) is 1. The van der Waals surface area contributed by atoms with Gasteiger partial charge in [-0.15, -0.1) is 0 Å². The van der Waals surface area contributed by atoms with E-state index in [9.17, 15) is 14.4 Å². The summed E-state index contributed by atoms with van der Waals surface area (Å²) in [4.78, 5) is 38.5. The lowest BCUT2D eigenvalue weighted by Crippen LogP contribution is -2.24.